The van der Waals surface area contributed by atoms with Crippen LogP contribution in [-0.4, -0.2) is 46.9 Å². The van der Waals surface area contributed by atoms with Gasteiger partial charge in [-0.05, 0) is 70.6 Å². The van der Waals surface area contributed by atoms with Gasteiger partial charge in [-0.1, -0.05) is 248 Å². The summed E-state index contributed by atoms with van der Waals surface area (Å²) in [4.78, 5) is 26.2. The number of esters is 1. The molecule has 0 radical (unpaired) electrons. The number of rotatable bonds is 48. The van der Waals surface area contributed by atoms with Gasteiger partial charge in [0, 0.05) is 6.42 Å². The van der Waals surface area contributed by atoms with E-state index in [4.69, 9.17) is 4.74 Å². The lowest BCUT2D eigenvalue weighted by Crippen LogP contribution is -2.46. The Balaban J connectivity index is 4.55. The van der Waals surface area contributed by atoms with Gasteiger partial charge in [-0.25, -0.2) is 0 Å². The maximum atomic E-state index is 13.2. The molecule has 370 valence electrons. The Bertz CT molecular complexity index is 1190. The van der Waals surface area contributed by atoms with Crippen LogP contribution in [0.1, 0.15) is 258 Å². The van der Waals surface area contributed by atoms with Crippen molar-refractivity contribution in [3.8, 4) is 0 Å². The Hall–Kier alpha value is -2.70. The lowest BCUT2D eigenvalue weighted by Gasteiger charge is -2.24. The molecule has 3 atom stereocenters. The van der Waals surface area contributed by atoms with Crippen LogP contribution in [0.2, 0.25) is 0 Å². The highest BCUT2D eigenvalue weighted by Gasteiger charge is 2.24. The number of amides is 1. The van der Waals surface area contributed by atoms with Crippen molar-refractivity contribution in [3.63, 3.8) is 0 Å². The van der Waals surface area contributed by atoms with Gasteiger partial charge in [0.05, 0.1) is 25.2 Å². The van der Waals surface area contributed by atoms with E-state index in [-0.39, 0.29) is 24.9 Å². The van der Waals surface area contributed by atoms with Crippen LogP contribution in [0.15, 0.2) is 72.9 Å². The average Bonchev–Trinajstić information content (AvgIpc) is 3.29. The fourth-order valence-electron chi connectivity index (χ4n) is 8.02. The number of carbonyl (C=O) groups is 2. The molecular weight excluding hydrogens is 791 g/mol. The van der Waals surface area contributed by atoms with Gasteiger partial charge in [0.25, 0.3) is 0 Å². The summed E-state index contributed by atoms with van der Waals surface area (Å²) in [5, 5.41) is 23.8. The second-order valence-corrected chi connectivity index (χ2v) is 18.4. The van der Waals surface area contributed by atoms with Crippen LogP contribution in [0.4, 0.5) is 0 Å². The van der Waals surface area contributed by atoms with E-state index in [9.17, 15) is 19.8 Å². The molecule has 0 aromatic rings. The zero-order valence-corrected chi connectivity index (χ0v) is 42.1. The predicted octanol–water partition coefficient (Wildman–Crippen LogP) is 16.6. The van der Waals surface area contributed by atoms with Gasteiger partial charge in [0.2, 0.25) is 5.91 Å². The zero-order chi connectivity index (χ0) is 46.7. The molecular formula is C58H103NO5. The summed E-state index contributed by atoms with van der Waals surface area (Å²) >= 11 is 0. The third-order valence-corrected chi connectivity index (χ3v) is 12.1. The van der Waals surface area contributed by atoms with E-state index in [0.717, 1.165) is 89.9 Å². The number of carbonyl (C=O) groups excluding carboxylic acids is 2. The Morgan fingerprint density at radius 2 is 0.844 bits per heavy atom. The number of aliphatic hydroxyl groups excluding tert-OH is 2. The summed E-state index contributed by atoms with van der Waals surface area (Å²) < 4.78 is 5.91. The molecule has 0 fully saturated rings. The summed E-state index contributed by atoms with van der Waals surface area (Å²) in [5.74, 6) is -0.531. The van der Waals surface area contributed by atoms with E-state index in [1.807, 2.05) is 12.2 Å². The van der Waals surface area contributed by atoms with Crippen molar-refractivity contribution in [2.24, 2.45) is 0 Å². The number of hydrogen-bond donors (Lipinski definition) is 3. The highest BCUT2D eigenvalue weighted by Crippen LogP contribution is 2.18. The molecule has 0 aromatic carbocycles. The van der Waals surface area contributed by atoms with E-state index in [2.05, 4.69) is 86.8 Å². The molecule has 3 N–H and O–H groups in total. The third kappa shape index (κ3) is 45.9. The van der Waals surface area contributed by atoms with Crippen molar-refractivity contribution >= 4 is 11.9 Å². The van der Waals surface area contributed by atoms with E-state index in [1.165, 1.54) is 122 Å². The normalized spacial score (nSPS) is 13.8. The fraction of sp³-hybridized carbons (Fsp3) is 0.759. The Kier molecular flexibility index (Phi) is 49.1. The van der Waals surface area contributed by atoms with Crippen molar-refractivity contribution in [2.75, 3.05) is 6.61 Å². The van der Waals surface area contributed by atoms with Gasteiger partial charge in [-0.2, -0.15) is 0 Å². The number of hydrogen-bond acceptors (Lipinski definition) is 5. The smallest absolute Gasteiger partial charge is 0.306 e. The first-order valence-corrected chi connectivity index (χ1v) is 27.2. The second kappa shape index (κ2) is 51.3. The highest BCUT2D eigenvalue weighted by molar-refractivity contribution is 5.77. The largest absolute Gasteiger partial charge is 0.462 e. The maximum Gasteiger partial charge on any atom is 0.306 e. The lowest BCUT2D eigenvalue weighted by molar-refractivity contribution is -0.151. The van der Waals surface area contributed by atoms with E-state index in [0.29, 0.717) is 19.3 Å². The van der Waals surface area contributed by atoms with Crippen molar-refractivity contribution in [1.82, 2.24) is 5.32 Å². The number of ether oxygens (including phenoxy) is 1. The SMILES string of the molecule is CC/C=C/C=C/C=C\CCCCCC(CC(=O)NC(CO)C(O)CCCCCCCCCCCCCCCCCC)OC(=O)CCCCCCC/C=C/C=C/C=C/CCCCCCC. The molecule has 0 spiro atoms. The van der Waals surface area contributed by atoms with Gasteiger partial charge in [0.15, 0.2) is 0 Å². The zero-order valence-electron chi connectivity index (χ0n) is 42.1. The molecule has 0 aliphatic carbocycles. The summed E-state index contributed by atoms with van der Waals surface area (Å²) in [5.41, 5.74) is 0. The highest BCUT2D eigenvalue weighted by atomic mass is 16.5. The maximum absolute atomic E-state index is 13.2. The molecule has 1 amide bonds. The fourth-order valence-corrected chi connectivity index (χ4v) is 8.02. The van der Waals surface area contributed by atoms with Gasteiger partial charge >= 0.3 is 5.97 Å². The molecule has 0 heterocycles. The predicted molar refractivity (Wildman–Crippen MR) is 278 cm³/mol. The first-order valence-electron chi connectivity index (χ1n) is 27.2. The third-order valence-electron chi connectivity index (χ3n) is 12.1. The van der Waals surface area contributed by atoms with Crippen LogP contribution in [0.3, 0.4) is 0 Å². The average molecular weight is 894 g/mol. The van der Waals surface area contributed by atoms with Gasteiger partial charge in [-0.3, -0.25) is 9.59 Å². The Morgan fingerprint density at radius 1 is 0.469 bits per heavy atom. The topological polar surface area (TPSA) is 95.9 Å². The molecule has 64 heavy (non-hydrogen) atoms. The molecule has 0 aliphatic heterocycles. The molecule has 0 rings (SSSR count). The van der Waals surface area contributed by atoms with Crippen LogP contribution in [0, 0.1) is 0 Å². The number of aliphatic hydroxyl groups is 2. The molecule has 3 unspecified atom stereocenters. The van der Waals surface area contributed by atoms with Crippen LogP contribution < -0.4 is 5.32 Å². The molecule has 6 heteroatoms. The number of allylic oxidation sites excluding steroid dienone is 12. The Morgan fingerprint density at radius 3 is 1.28 bits per heavy atom. The van der Waals surface area contributed by atoms with Gasteiger partial charge < -0.3 is 20.3 Å². The van der Waals surface area contributed by atoms with Crippen LogP contribution in [0.5, 0.6) is 0 Å². The summed E-state index contributed by atoms with van der Waals surface area (Å²) in [6.07, 6.45) is 65.4. The van der Waals surface area contributed by atoms with Crippen molar-refractivity contribution in [3.05, 3.63) is 72.9 Å². The lowest BCUT2D eigenvalue weighted by atomic mass is 10.0. The molecule has 0 bridgehead atoms. The monoisotopic (exact) mass is 894 g/mol. The second-order valence-electron chi connectivity index (χ2n) is 18.4. The summed E-state index contributed by atoms with van der Waals surface area (Å²) in [6, 6.07) is -0.720. The van der Waals surface area contributed by atoms with E-state index in [1.54, 1.807) is 0 Å². The first-order chi connectivity index (χ1) is 31.5. The molecule has 0 aliphatic rings. The summed E-state index contributed by atoms with van der Waals surface area (Å²) in [7, 11) is 0. The molecule has 0 saturated carbocycles. The number of nitrogens with one attached hydrogen (secondary N) is 1. The molecule has 6 nitrogen and oxygen atoms in total. The first kappa shape index (κ1) is 61.3. The minimum atomic E-state index is -0.804. The van der Waals surface area contributed by atoms with Crippen LogP contribution in [-0.2, 0) is 14.3 Å². The minimum absolute atomic E-state index is 0.0438. The molecule has 0 saturated heterocycles. The van der Waals surface area contributed by atoms with E-state index < -0.39 is 18.2 Å². The van der Waals surface area contributed by atoms with Crippen molar-refractivity contribution in [1.29, 1.82) is 0 Å². The standard InChI is InChI=1S/C58H103NO5/c1-4-7-10-13-16-19-22-24-26-28-29-31-33-36-39-42-45-48-51-58(63)64-54(49-46-43-40-37-34-21-18-15-12-9-6-3)52-57(62)59-55(53-60)56(61)50-47-44-41-38-35-32-30-27-25-23-20-17-14-11-8-5-2/h9,12,15,18,21-22,24,26,28-29,31,34,54-56,60-61H,4-8,10-11,13-14,16-17,19-20,23,25,27,30,32-33,35-53H2,1-3H3,(H,59,62)/b12-9+,18-15+,24-22+,28-26+,31-29+,34-21-. The minimum Gasteiger partial charge on any atom is -0.462 e. The van der Waals surface area contributed by atoms with Gasteiger partial charge in [-0.15, -0.1) is 0 Å². The molecule has 0 aromatic heterocycles. The van der Waals surface area contributed by atoms with Crippen LogP contribution in [0.25, 0.3) is 0 Å². The van der Waals surface area contributed by atoms with Crippen molar-refractivity contribution < 1.29 is 24.5 Å². The van der Waals surface area contributed by atoms with Crippen molar-refractivity contribution in [2.45, 2.75) is 277 Å². The van der Waals surface area contributed by atoms with Crippen LogP contribution >= 0.6 is 0 Å². The number of unbranched alkanes of at least 4 members (excludes halogenated alkanes) is 28. The Labute approximate surface area is 396 Å². The van der Waals surface area contributed by atoms with E-state index >= 15 is 0 Å². The van der Waals surface area contributed by atoms with Gasteiger partial charge in [0.1, 0.15) is 6.10 Å². The summed E-state index contributed by atoms with van der Waals surface area (Å²) in [6.45, 7) is 6.33. The quantitative estimate of drug-likeness (QED) is 0.0321.